The van der Waals surface area contributed by atoms with Gasteiger partial charge in [0.25, 0.3) is 0 Å². The number of carbonyl (C=O) groups excluding carboxylic acids is 1. The van der Waals surface area contributed by atoms with Crippen molar-refractivity contribution in [1.82, 2.24) is 9.97 Å². The van der Waals surface area contributed by atoms with Crippen LogP contribution in [0.2, 0.25) is 0 Å². The summed E-state index contributed by atoms with van der Waals surface area (Å²) in [5, 5.41) is 2.84. The molecule has 1 aromatic rings. The number of amides is 1. The highest BCUT2D eigenvalue weighted by Crippen LogP contribution is 2.10. The quantitative estimate of drug-likeness (QED) is 0.714. The highest BCUT2D eigenvalue weighted by atomic mass is 16.1. The summed E-state index contributed by atoms with van der Waals surface area (Å²) in [6, 6.07) is 0. The lowest BCUT2D eigenvalue weighted by Gasteiger charge is -2.03. The van der Waals surface area contributed by atoms with Crippen molar-refractivity contribution < 1.29 is 4.79 Å². The van der Waals surface area contributed by atoms with Crippen molar-refractivity contribution in [3.8, 4) is 0 Å². The van der Waals surface area contributed by atoms with Crippen molar-refractivity contribution in [2.24, 2.45) is 5.73 Å². The lowest BCUT2D eigenvalue weighted by atomic mass is 10.1. The first-order chi connectivity index (χ1) is 7.04. The number of primary amides is 1. The maximum atomic E-state index is 10.8. The average molecular weight is 206 g/mol. The molecule has 0 atom stereocenters. The molecule has 5 heteroatoms. The standard InChI is InChI=1S/C10H14N4O/c1-6(9(11)15)4-8-5-13-10(12-3)14-7(8)2/h4-5H,1-3H3,(H2,11,15)(H,12,13,14)/b6-4+. The zero-order valence-electron chi connectivity index (χ0n) is 9.03. The molecule has 1 aromatic heterocycles. The second-order valence-corrected chi connectivity index (χ2v) is 3.18. The molecule has 1 amide bonds. The van der Waals surface area contributed by atoms with Crippen LogP contribution in [0, 0.1) is 6.92 Å². The molecule has 0 aliphatic rings. The Morgan fingerprint density at radius 3 is 2.73 bits per heavy atom. The predicted octanol–water partition coefficient (Wildman–Crippen LogP) is 0.715. The van der Waals surface area contributed by atoms with Crippen LogP contribution >= 0.6 is 0 Å². The predicted molar refractivity (Wildman–Crippen MR) is 59.2 cm³/mol. The van der Waals surface area contributed by atoms with Crippen LogP contribution in [0.25, 0.3) is 6.08 Å². The van der Waals surface area contributed by atoms with Gasteiger partial charge in [-0.2, -0.15) is 0 Å². The second kappa shape index (κ2) is 4.54. The van der Waals surface area contributed by atoms with Gasteiger partial charge in [0, 0.05) is 24.4 Å². The highest BCUT2D eigenvalue weighted by molar-refractivity contribution is 5.96. The molecule has 0 saturated carbocycles. The average Bonchev–Trinajstić information content (AvgIpc) is 2.20. The Bertz CT molecular complexity index is 412. The molecule has 0 saturated heterocycles. The van der Waals surface area contributed by atoms with E-state index in [9.17, 15) is 4.79 Å². The van der Waals surface area contributed by atoms with Crippen LogP contribution in [0.4, 0.5) is 5.95 Å². The monoisotopic (exact) mass is 206 g/mol. The Balaban J connectivity index is 3.07. The molecule has 5 nitrogen and oxygen atoms in total. The van der Waals surface area contributed by atoms with Gasteiger partial charge in [0.05, 0.1) is 5.69 Å². The van der Waals surface area contributed by atoms with Crippen molar-refractivity contribution in [3.05, 3.63) is 23.0 Å². The SMILES string of the molecule is CNc1ncc(/C=C(\C)C(N)=O)c(C)n1. The number of hydrogen-bond donors (Lipinski definition) is 2. The third kappa shape index (κ3) is 2.77. The number of aryl methyl sites for hydroxylation is 1. The number of hydrogen-bond acceptors (Lipinski definition) is 4. The molecule has 0 fully saturated rings. The van der Waals surface area contributed by atoms with Crippen LogP contribution in [0.15, 0.2) is 11.8 Å². The molecule has 80 valence electrons. The summed E-state index contributed by atoms with van der Waals surface area (Å²) in [7, 11) is 1.75. The number of nitrogens with two attached hydrogens (primary N) is 1. The van der Waals surface area contributed by atoms with Gasteiger partial charge in [-0.3, -0.25) is 4.79 Å². The van der Waals surface area contributed by atoms with Gasteiger partial charge < -0.3 is 11.1 Å². The number of aromatic nitrogens is 2. The van der Waals surface area contributed by atoms with Crippen molar-refractivity contribution in [2.45, 2.75) is 13.8 Å². The Morgan fingerprint density at radius 1 is 1.60 bits per heavy atom. The minimum Gasteiger partial charge on any atom is -0.366 e. The van der Waals surface area contributed by atoms with Gasteiger partial charge in [-0.15, -0.1) is 0 Å². The smallest absolute Gasteiger partial charge is 0.244 e. The molecular formula is C10H14N4O. The van der Waals surface area contributed by atoms with E-state index in [1.54, 1.807) is 26.2 Å². The zero-order chi connectivity index (χ0) is 11.4. The Hall–Kier alpha value is -1.91. The van der Waals surface area contributed by atoms with Crippen LogP contribution in [0.5, 0.6) is 0 Å². The third-order valence-corrected chi connectivity index (χ3v) is 2.00. The summed E-state index contributed by atoms with van der Waals surface area (Å²) < 4.78 is 0. The van der Waals surface area contributed by atoms with Crippen molar-refractivity contribution in [3.63, 3.8) is 0 Å². The number of nitrogens with one attached hydrogen (secondary N) is 1. The molecular weight excluding hydrogens is 192 g/mol. The molecule has 0 unspecified atom stereocenters. The fourth-order valence-corrected chi connectivity index (χ4v) is 1.04. The van der Waals surface area contributed by atoms with Gasteiger partial charge in [0.1, 0.15) is 0 Å². The van der Waals surface area contributed by atoms with E-state index < -0.39 is 5.91 Å². The summed E-state index contributed by atoms with van der Waals surface area (Å²) in [4.78, 5) is 19.1. The first-order valence-corrected chi connectivity index (χ1v) is 4.54. The first-order valence-electron chi connectivity index (χ1n) is 4.54. The van der Waals surface area contributed by atoms with Crippen LogP contribution in [0.3, 0.4) is 0 Å². The molecule has 15 heavy (non-hydrogen) atoms. The van der Waals surface area contributed by atoms with E-state index in [1.807, 2.05) is 6.92 Å². The molecule has 0 spiro atoms. The summed E-state index contributed by atoms with van der Waals surface area (Å²) in [6.45, 7) is 3.51. The molecule has 1 rings (SSSR count). The van der Waals surface area contributed by atoms with E-state index in [4.69, 9.17) is 5.73 Å². The molecule has 0 aromatic carbocycles. The molecule has 0 bridgehead atoms. The van der Waals surface area contributed by atoms with Crippen molar-refractivity contribution >= 4 is 17.9 Å². The Labute approximate surface area is 88.4 Å². The Morgan fingerprint density at radius 2 is 2.27 bits per heavy atom. The number of anilines is 1. The fourth-order valence-electron chi connectivity index (χ4n) is 1.04. The van der Waals surface area contributed by atoms with Gasteiger partial charge >= 0.3 is 0 Å². The molecule has 3 N–H and O–H groups in total. The molecule has 0 radical (unpaired) electrons. The maximum absolute atomic E-state index is 10.8. The number of carbonyl (C=O) groups is 1. The lowest BCUT2D eigenvalue weighted by Crippen LogP contribution is -2.11. The zero-order valence-corrected chi connectivity index (χ0v) is 9.03. The molecule has 0 aliphatic carbocycles. The van der Waals surface area contributed by atoms with Gasteiger partial charge in [-0.25, -0.2) is 9.97 Å². The summed E-state index contributed by atoms with van der Waals surface area (Å²) >= 11 is 0. The topological polar surface area (TPSA) is 80.9 Å². The number of nitrogens with zero attached hydrogens (tertiary/aromatic N) is 2. The van der Waals surface area contributed by atoms with Crippen LogP contribution in [-0.4, -0.2) is 22.9 Å². The van der Waals surface area contributed by atoms with Gasteiger partial charge in [-0.05, 0) is 19.9 Å². The summed E-state index contributed by atoms with van der Waals surface area (Å²) in [5.41, 5.74) is 7.21. The normalized spacial score (nSPS) is 11.3. The maximum Gasteiger partial charge on any atom is 0.244 e. The van der Waals surface area contributed by atoms with E-state index in [-0.39, 0.29) is 0 Å². The van der Waals surface area contributed by atoms with E-state index >= 15 is 0 Å². The second-order valence-electron chi connectivity index (χ2n) is 3.18. The van der Waals surface area contributed by atoms with Crippen molar-refractivity contribution in [2.75, 3.05) is 12.4 Å². The van der Waals surface area contributed by atoms with Crippen LogP contribution in [-0.2, 0) is 4.79 Å². The highest BCUT2D eigenvalue weighted by Gasteiger charge is 2.02. The minimum atomic E-state index is -0.438. The van der Waals surface area contributed by atoms with Gasteiger partial charge in [0.2, 0.25) is 11.9 Å². The van der Waals surface area contributed by atoms with E-state index in [0.29, 0.717) is 11.5 Å². The van der Waals surface area contributed by atoms with Gasteiger partial charge in [-0.1, -0.05) is 0 Å². The summed E-state index contributed by atoms with van der Waals surface area (Å²) in [6.07, 6.45) is 3.33. The minimum absolute atomic E-state index is 0.438. The largest absolute Gasteiger partial charge is 0.366 e. The van der Waals surface area contributed by atoms with Crippen molar-refractivity contribution in [1.29, 1.82) is 0 Å². The molecule has 1 heterocycles. The van der Waals surface area contributed by atoms with E-state index in [0.717, 1.165) is 11.3 Å². The number of rotatable bonds is 3. The van der Waals surface area contributed by atoms with Crippen LogP contribution in [0.1, 0.15) is 18.2 Å². The Kier molecular flexibility index (Phi) is 3.38. The summed E-state index contributed by atoms with van der Waals surface area (Å²) in [5.74, 6) is 0.119. The van der Waals surface area contributed by atoms with Gasteiger partial charge in [0.15, 0.2) is 0 Å². The van der Waals surface area contributed by atoms with Crippen LogP contribution < -0.4 is 11.1 Å². The third-order valence-electron chi connectivity index (χ3n) is 2.00. The first kappa shape index (κ1) is 11.2. The van der Waals surface area contributed by atoms with E-state index in [1.165, 1.54) is 0 Å². The lowest BCUT2D eigenvalue weighted by molar-refractivity contribution is -0.114. The fraction of sp³-hybridized carbons (Fsp3) is 0.300. The van der Waals surface area contributed by atoms with E-state index in [2.05, 4.69) is 15.3 Å². The molecule has 0 aliphatic heterocycles.